The van der Waals surface area contributed by atoms with E-state index >= 15 is 0 Å². The predicted octanol–water partition coefficient (Wildman–Crippen LogP) is 0.511. The van der Waals surface area contributed by atoms with Crippen LogP contribution in [0.5, 0.6) is 0 Å². The summed E-state index contributed by atoms with van der Waals surface area (Å²) in [6.07, 6.45) is 0. The van der Waals surface area contributed by atoms with Crippen molar-refractivity contribution in [2.24, 2.45) is 0 Å². The van der Waals surface area contributed by atoms with E-state index in [9.17, 15) is 9.50 Å². The maximum absolute atomic E-state index is 12.3. The Balaban J connectivity index is 3.07. The molecule has 10 heavy (non-hydrogen) atoms. The zero-order valence-electron chi connectivity index (χ0n) is 5.10. The van der Waals surface area contributed by atoms with E-state index in [-0.39, 0.29) is 5.56 Å². The van der Waals surface area contributed by atoms with Crippen molar-refractivity contribution in [2.75, 3.05) is 0 Å². The third-order valence-corrected chi connectivity index (χ3v) is 1.09. The zero-order valence-corrected chi connectivity index (χ0v) is 5.10. The molecule has 0 atom stereocenters. The van der Waals surface area contributed by atoms with Crippen LogP contribution in [0.15, 0.2) is 24.3 Å². The van der Waals surface area contributed by atoms with Crippen LogP contribution in [0.3, 0.4) is 0 Å². The first kappa shape index (κ1) is 6.74. The van der Waals surface area contributed by atoms with Crippen molar-refractivity contribution < 1.29 is 9.50 Å². The molecule has 0 aliphatic carbocycles. The molecule has 52 valence electrons. The molecule has 0 spiro atoms. The van der Waals surface area contributed by atoms with Crippen LogP contribution in [0.1, 0.15) is 5.56 Å². The van der Waals surface area contributed by atoms with Crippen molar-refractivity contribution in [3.8, 4) is 0 Å². The summed E-state index contributed by atoms with van der Waals surface area (Å²) in [5, 5.41) is 16.9. The van der Waals surface area contributed by atoms with Gasteiger partial charge in [0.25, 0.3) is 0 Å². The summed E-state index contributed by atoms with van der Waals surface area (Å²) in [5.41, 5.74) is 0.0833. The fourth-order valence-corrected chi connectivity index (χ4v) is 0.630. The number of halogens is 1. The summed E-state index contributed by atoms with van der Waals surface area (Å²) < 4.78 is 12.3. The van der Waals surface area contributed by atoms with Gasteiger partial charge in [-0.05, 0) is 23.6 Å². The third-order valence-electron chi connectivity index (χ3n) is 1.09. The standard InChI is InChI=1S/C7H6FNO/c8-6-3-1-2-5(4-6)7(9)10/h1-4H,(H2,9,10)/p-1. The molecule has 0 bridgehead atoms. The van der Waals surface area contributed by atoms with Crippen molar-refractivity contribution in [3.63, 3.8) is 0 Å². The van der Waals surface area contributed by atoms with Crippen molar-refractivity contribution in [1.29, 1.82) is 5.41 Å². The SMILES string of the molecule is N=C([O-])c1cccc(F)c1. The summed E-state index contributed by atoms with van der Waals surface area (Å²) in [6.45, 7) is 0. The van der Waals surface area contributed by atoms with Gasteiger partial charge in [0, 0.05) is 0 Å². The molecule has 0 fully saturated rings. The Morgan fingerprint density at radius 2 is 2.20 bits per heavy atom. The van der Waals surface area contributed by atoms with E-state index in [1.165, 1.54) is 18.2 Å². The summed E-state index contributed by atoms with van der Waals surface area (Å²) in [4.78, 5) is 0. The maximum Gasteiger partial charge on any atom is 0.123 e. The van der Waals surface area contributed by atoms with E-state index in [0.29, 0.717) is 0 Å². The Hall–Kier alpha value is -1.38. The lowest BCUT2D eigenvalue weighted by Gasteiger charge is -2.05. The van der Waals surface area contributed by atoms with E-state index in [4.69, 9.17) is 5.41 Å². The molecule has 0 radical (unpaired) electrons. The number of nitrogens with one attached hydrogen (secondary N) is 1. The second kappa shape index (κ2) is 2.47. The molecule has 2 nitrogen and oxygen atoms in total. The van der Waals surface area contributed by atoms with Gasteiger partial charge in [-0.15, -0.1) is 0 Å². The van der Waals surface area contributed by atoms with Gasteiger partial charge in [0.05, 0.1) is 0 Å². The molecule has 0 saturated carbocycles. The van der Waals surface area contributed by atoms with Gasteiger partial charge in [-0.1, -0.05) is 12.1 Å². The topological polar surface area (TPSA) is 46.9 Å². The van der Waals surface area contributed by atoms with Crippen LogP contribution < -0.4 is 5.11 Å². The second-order valence-electron chi connectivity index (χ2n) is 1.84. The van der Waals surface area contributed by atoms with Crippen molar-refractivity contribution >= 4 is 5.90 Å². The highest BCUT2D eigenvalue weighted by Gasteiger charge is 1.91. The molecule has 1 N–H and O–H groups in total. The maximum atomic E-state index is 12.3. The monoisotopic (exact) mass is 138 g/mol. The Labute approximate surface area is 57.4 Å². The summed E-state index contributed by atoms with van der Waals surface area (Å²) in [5.74, 6) is -1.35. The zero-order chi connectivity index (χ0) is 7.56. The highest BCUT2D eigenvalue weighted by atomic mass is 19.1. The van der Waals surface area contributed by atoms with Crippen molar-refractivity contribution in [3.05, 3.63) is 35.6 Å². The molecule has 0 saturated heterocycles. The van der Waals surface area contributed by atoms with E-state index < -0.39 is 11.7 Å². The molecule has 0 amide bonds. The average molecular weight is 138 g/mol. The van der Waals surface area contributed by atoms with Crippen LogP contribution in [-0.4, -0.2) is 5.90 Å². The molecule has 0 aromatic heterocycles. The minimum atomic E-state index is -0.862. The molecular weight excluding hydrogens is 133 g/mol. The van der Waals surface area contributed by atoms with Gasteiger partial charge in [-0.2, -0.15) is 0 Å². The van der Waals surface area contributed by atoms with Crippen LogP contribution in [0.4, 0.5) is 4.39 Å². The van der Waals surface area contributed by atoms with Crippen LogP contribution in [0, 0.1) is 11.2 Å². The van der Waals surface area contributed by atoms with Crippen LogP contribution >= 0.6 is 0 Å². The fraction of sp³-hybridized carbons (Fsp3) is 0. The lowest BCUT2D eigenvalue weighted by molar-refractivity contribution is -0.214. The van der Waals surface area contributed by atoms with E-state index in [1.54, 1.807) is 0 Å². The molecule has 0 aliphatic rings. The number of rotatable bonds is 1. The number of hydrogen-bond donors (Lipinski definition) is 1. The second-order valence-corrected chi connectivity index (χ2v) is 1.84. The lowest BCUT2D eigenvalue weighted by Crippen LogP contribution is -2.16. The third kappa shape index (κ3) is 1.31. The van der Waals surface area contributed by atoms with Crippen molar-refractivity contribution in [2.45, 2.75) is 0 Å². The highest BCUT2D eigenvalue weighted by molar-refractivity contribution is 5.87. The van der Waals surface area contributed by atoms with E-state index in [2.05, 4.69) is 0 Å². The van der Waals surface area contributed by atoms with Gasteiger partial charge >= 0.3 is 0 Å². The molecule has 0 heterocycles. The Bertz CT molecular complexity index is 260. The molecule has 1 aromatic carbocycles. The first-order valence-corrected chi connectivity index (χ1v) is 2.71. The molecule has 3 heteroatoms. The van der Waals surface area contributed by atoms with Gasteiger partial charge in [0.1, 0.15) is 5.82 Å². The largest absolute Gasteiger partial charge is 0.859 e. The van der Waals surface area contributed by atoms with Crippen LogP contribution in [0.25, 0.3) is 0 Å². The minimum absolute atomic E-state index is 0.0833. The smallest absolute Gasteiger partial charge is 0.123 e. The van der Waals surface area contributed by atoms with Gasteiger partial charge < -0.3 is 10.5 Å². The normalized spacial score (nSPS) is 9.30. The van der Waals surface area contributed by atoms with Crippen LogP contribution in [-0.2, 0) is 0 Å². The van der Waals surface area contributed by atoms with E-state index in [1.807, 2.05) is 0 Å². The van der Waals surface area contributed by atoms with Crippen LogP contribution in [0.2, 0.25) is 0 Å². The van der Waals surface area contributed by atoms with E-state index in [0.717, 1.165) is 6.07 Å². The molecule has 0 aliphatic heterocycles. The quantitative estimate of drug-likeness (QED) is 0.446. The minimum Gasteiger partial charge on any atom is -0.859 e. The molecule has 1 aromatic rings. The fourth-order valence-electron chi connectivity index (χ4n) is 0.630. The number of benzene rings is 1. The van der Waals surface area contributed by atoms with Gasteiger partial charge in [0.2, 0.25) is 0 Å². The molecule has 0 unspecified atom stereocenters. The summed E-state index contributed by atoms with van der Waals surface area (Å²) in [7, 11) is 0. The first-order chi connectivity index (χ1) is 4.70. The lowest BCUT2D eigenvalue weighted by atomic mass is 10.2. The average Bonchev–Trinajstić information content (AvgIpc) is 1.88. The Morgan fingerprint density at radius 3 is 2.60 bits per heavy atom. The Kier molecular flexibility index (Phi) is 1.67. The molecule has 1 rings (SSSR count). The van der Waals surface area contributed by atoms with Crippen molar-refractivity contribution in [1.82, 2.24) is 0 Å². The van der Waals surface area contributed by atoms with Gasteiger partial charge in [0.15, 0.2) is 0 Å². The highest BCUT2D eigenvalue weighted by Crippen LogP contribution is 2.01. The first-order valence-electron chi connectivity index (χ1n) is 2.71. The van der Waals surface area contributed by atoms with Gasteiger partial charge in [-0.3, -0.25) is 0 Å². The number of hydrogen-bond acceptors (Lipinski definition) is 2. The summed E-state index contributed by atoms with van der Waals surface area (Å²) in [6, 6.07) is 5.07. The summed E-state index contributed by atoms with van der Waals surface area (Å²) >= 11 is 0. The molecular formula is C7H5FNO-. The van der Waals surface area contributed by atoms with Gasteiger partial charge in [-0.25, -0.2) is 4.39 Å². The predicted molar refractivity (Wildman–Crippen MR) is 33.2 cm³/mol. The Morgan fingerprint density at radius 1 is 1.50 bits per heavy atom.